The van der Waals surface area contributed by atoms with Gasteiger partial charge >= 0.3 is 90.6 Å². The Bertz CT molecular complexity index is 58.4. The van der Waals surface area contributed by atoms with E-state index in [0.717, 1.165) is 44.9 Å². The molecular weight excluding hydrogens is 333 g/mol. The quantitative estimate of drug-likeness (QED) is 0.466. The number of hydrogen-bond acceptors (Lipinski definition) is 0. The van der Waals surface area contributed by atoms with Crippen molar-refractivity contribution in [3.8, 4) is 0 Å². The minimum absolute atomic E-state index is 0.933. The van der Waals surface area contributed by atoms with Gasteiger partial charge in [0.1, 0.15) is 0 Å². The zero-order valence-electron chi connectivity index (χ0n) is 7.47. The molecule has 0 radical (unpaired) electrons. The molecule has 0 saturated carbocycles. The van der Waals surface area contributed by atoms with Gasteiger partial charge in [-0.1, -0.05) is 0 Å². The fraction of sp³-hybridized carbons (Fsp3) is 1.00. The van der Waals surface area contributed by atoms with Gasteiger partial charge in [-0.05, 0) is 0 Å². The first-order chi connectivity index (χ1) is 5.41. The number of hydrogen-bond donors (Lipinski definition) is 0. The van der Waals surface area contributed by atoms with Gasteiger partial charge in [0.15, 0.2) is 0 Å². The van der Waals surface area contributed by atoms with Crippen LogP contribution in [0.15, 0.2) is 0 Å². The van der Waals surface area contributed by atoms with Crippen molar-refractivity contribution in [3.63, 3.8) is 0 Å². The molecule has 0 fully saturated rings. The van der Waals surface area contributed by atoms with Gasteiger partial charge in [0.05, 0.1) is 0 Å². The van der Waals surface area contributed by atoms with Crippen molar-refractivity contribution in [2.24, 2.45) is 0 Å². The predicted molar refractivity (Wildman–Crippen MR) is 57.5 cm³/mol. The van der Waals surface area contributed by atoms with E-state index in [9.17, 15) is 0 Å². The van der Waals surface area contributed by atoms with Gasteiger partial charge in [-0.25, -0.2) is 0 Å². The summed E-state index contributed by atoms with van der Waals surface area (Å²) in [6, 6.07) is 0. The van der Waals surface area contributed by atoms with Crippen LogP contribution in [0.4, 0.5) is 0 Å². The molecule has 0 aromatic heterocycles. The molecule has 0 rings (SSSR count). The van der Waals surface area contributed by atoms with Crippen molar-refractivity contribution in [1.82, 2.24) is 0 Å². The molecule has 0 atom stereocenters. The summed E-state index contributed by atoms with van der Waals surface area (Å²) in [4.78, 5) is 0. The van der Waals surface area contributed by atoms with Crippen LogP contribution in [0.3, 0.4) is 0 Å². The van der Waals surface area contributed by atoms with Crippen LogP contribution in [0.2, 0.25) is 32.9 Å². The summed E-state index contributed by atoms with van der Waals surface area (Å²) in [6.45, 7) is 0. The van der Waals surface area contributed by atoms with Crippen LogP contribution in [-0.2, 0) is 0 Å². The molecule has 0 aromatic carbocycles. The van der Waals surface area contributed by atoms with E-state index in [1.807, 2.05) is 0 Å². The molecule has 0 aliphatic carbocycles. The summed E-state index contributed by atoms with van der Waals surface area (Å²) in [7, 11) is 0. The molecule has 0 unspecified atom stereocenters. The molecule has 0 bridgehead atoms. The summed E-state index contributed by atoms with van der Waals surface area (Å²) >= 11 is 2.86. The van der Waals surface area contributed by atoms with Gasteiger partial charge in [0.25, 0.3) is 0 Å². The fourth-order valence-corrected chi connectivity index (χ4v) is 6.27. The molecule has 0 N–H and O–H groups in total. The van der Waals surface area contributed by atoms with Crippen LogP contribution >= 0.6 is 0 Å². The molecule has 0 nitrogen and oxygen atoms in total. The molecule has 0 aliphatic rings. The van der Waals surface area contributed by atoms with Crippen LogP contribution in [0.25, 0.3) is 0 Å². The van der Waals surface area contributed by atoms with Crippen molar-refractivity contribution >= 4 is 44.9 Å². The first-order valence-electron chi connectivity index (χ1n) is 3.97. The van der Waals surface area contributed by atoms with Crippen LogP contribution in [0.1, 0.15) is 12.8 Å². The van der Waals surface area contributed by atoms with Gasteiger partial charge in [-0.3, -0.25) is 0 Å². The van der Waals surface area contributed by atoms with Crippen molar-refractivity contribution in [2.45, 2.75) is 45.8 Å². The van der Waals surface area contributed by atoms with Gasteiger partial charge < -0.3 is 0 Å². The summed E-state index contributed by atoms with van der Waals surface area (Å²) in [5.41, 5.74) is 0. The molecule has 0 saturated heterocycles. The van der Waals surface area contributed by atoms with Crippen LogP contribution in [0.5, 0.6) is 0 Å². The maximum atomic E-state index is 2.35. The van der Waals surface area contributed by atoms with E-state index in [-0.39, 0.29) is 0 Å². The number of rotatable bonds is 8. The van der Waals surface area contributed by atoms with Gasteiger partial charge in [0.2, 0.25) is 0 Å². The average Bonchev–Trinajstić information content (AvgIpc) is 2.03. The minimum atomic E-state index is 0.933. The monoisotopic (exact) mass is 354 g/mol. The Morgan fingerprint density at radius 2 is 1.18 bits per heavy atom. The second-order valence-corrected chi connectivity index (χ2v) is 9.01. The summed E-state index contributed by atoms with van der Waals surface area (Å²) < 4.78 is 0. The van der Waals surface area contributed by atoms with E-state index in [1.54, 1.807) is 10.6 Å². The Labute approximate surface area is 90.1 Å². The molecule has 11 heavy (non-hydrogen) atoms. The topological polar surface area (TPSA) is 0 Å². The summed E-state index contributed by atoms with van der Waals surface area (Å²) in [5.74, 6) is 4.69. The van der Waals surface area contributed by atoms with E-state index in [2.05, 4.69) is 11.6 Å². The molecule has 0 spiro atoms. The first kappa shape index (κ1) is 12.6. The third-order valence-electron chi connectivity index (χ3n) is 1.27. The summed E-state index contributed by atoms with van der Waals surface area (Å²) in [6.07, 6.45) is 3.04. The Hall–Kier alpha value is 1.56. The van der Waals surface area contributed by atoms with Crippen LogP contribution in [0, 0.1) is 0 Å². The van der Waals surface area contributed by atoms with Crippen molar-refractivity contribution < 1.29 is 0 Å². The summed E-state index contributed by atoms with van der Waals surface area (Å²) in [5, 5.41) is 6.15. The van der Waals surface area contributed by atoms with Gasteiger partial charge in [-0.2, -0.15) is 0 Å². The van der Waals surface area contributed by atoms with Gasteiger partial charge in [-0.15, -0.1) is 0 Å². The first-order valence-corrected chi connectivity index (χ1v) is 12.2. The van der Waals surface area contributed by atoms with E-state index in [0.29, 0.717) is 0 Å². The second-order valence-electron chi connectivity index (χ2n) is 2.31. The standard InChI is InChI=1S/C8H18Se3/c1-9-5-3-7-11-8-4-6-10-2/h3-8H2,1-2H3. The van der Waals surface area contributed by atoms with E-state index in [1.165, 1.54) is 23.5 Å². The third-order valence-corrected chi connectivity index (χ3v) is 6.62. The van der Waals surface area contributed by atoms with Crippen molar-refractivity contribution in [2.75, 3.05) is 0 Å². The molecule has 0 heterocycles. The molecule has 68 valence electrons. The third kappa shape index (κ3) is 11.6. The molecule has 0 aromatic rings. The SMILES string of the molecule is C[Se]CCC[Se]CCC[Se]C. The predicted octanol–water partition coefficient (Wildman–Crippen LogP) is 2.65. The van der Waals surface area contributed by atoms with E-state index < -0.39 is 0 Å². The average molecular weight is 351 g/mol. The molecule has 0 amide bonds. The van der Waals surface area contributed by atoms with Crippen molar-refractivity contribution in [3.05, 3.63) is 0 Å². The Morgan fingerprint density at radius 3 is 1.55 bits per heavy atom. The Kier molecular flexibility index (Phi) is 13.2. The molecular formula is C8H18Se3. The maximum absolute atomic E-state index is 2.35. The van der Waals surface area contributed by atoms with Gasteiger partial charge in [0, 0.05) is 0 Å². The normalized spacial score (nSPS) is 10.4. The van der Waals surface area contributed by atoms with Crippen LogP contribution < -0.4 is 0 Å². The molecule has 0 aliphatic heterocycles. The Morgan fingerprint density at radius 1 is 0.727 bits per heavy atom. The second kappa shape index (κ2) is 11.6. The van der Waals surface area contributed by atoms with Crippen LogP contribution in [-0.4, -0.2) is 44.9 Å². The zero-order valence-corrected chi connectivity index (χ0v) is 12.6. The van der Waals surface area contributed by atoms with E-state index in [4.69, 9.17) is 0 Å². The van der Waals surface area contributed by atoms with Crippen molar-refractivity contribution in [1.29, 1.82) is 0 Å². The molecule has 3 heteroatoms. The zero-order chi connectivity index (χ0) is 8.36. The fourth-order valence-electron chi connectivity index (χ4n) is 0.713. The van der Waals surface area contributed by atoms with E-state index >= 15 is 0 Å². The Balaban J connectivity index is 2.69.